The van der Waals surface area contributed by atoms with Crippen molar-refractivity contribution in [2.45, 2.75) is 5.41 Å². The average molecular weight is 699 g/mol. The van der Waals surface area contributed by atoms with E-state index in [4.69, 9.17) is 5.48 Å². The van der Waals surface area contributed by atoms with Crippen LogP contribution in [0.15, 0.2) is 200 Å². The first-order valence-corrected chi connectivity index (χ1v) is 18.5. The predicted octanol–water partition coefficient (Wildman–Crippen LogP) is 14.2. The molecule has 1 aliphatic rings. The second kappa shape index (κ2) is 11.8. The summed E-state index contributed by atoms with van der Waals surface area (Å²) < 4.78 is 66.3. The Morgan fingerprint density at radius 1 is 0.434 bits per heavy atom. The van der Waals surface area contributed by atoms with E-state index >= 15 is 0 Å². The smallest absolute Gasteiger partial charge is 0.0714 e. The molecular weight excluding hydrogens is 659 g/mol. The number of para-hydroxylation sites is 1. The van der Waals surface area contributed by atoms with Gasteiger partial charge in [-0.3, -0.25) is 0 Å². The van der Waals surface area contributed by atoms with Crippen LogP contribution in [0, 0.1) is 0 Å². The van der Waals surface area contributed by atoms with E-state index in [0.717, 1.165) is 75.8 Å². The van der Waals surface area contributed by atoms with Crippen LogP contribution < -0.4 is 4.90 Å². The van der Waals surface area contributed by atoms with E-state index in [0.29, 0.717) is 0 Å². The summed E-state index contributed by atoms with van der Waals surface area (Å²) in [6.45, 7) is 0. The molecule has 1 unspecified atom stereocenters. The van der Waals surface area contributed by atoms with Crippen LogP contribution in [0.25, 0.3) is 52.8 Å². The van der Waals surface area contributed by atoms with Gasteiger partial charge < -0.3 is 4.90 Å². The fourth-order valence-electron chi connectivity index (χ4n) is 8.40. The highest BCUT2D eigenvalue weighted by atomic mass is 32.1. The molecule has 0 saturated carbocycles. The normalized spacial score (nSPS) is 16.7. The van der Waals surface area contributed by atoms with Gasteiger partial charge in [0.15, 0.2) is 0 Å². The standard InChI is InChI=1S/C51H33NS/c1-2-16-40(17-3-1)52(41-26-23-35-13-5-7-15-37(35)31-41)42-27-29-48-46(33-42)43-18-8-10-20-47(43)51(48,38-24-22-34-12-4-6-14-36(34)30-38)39-25-28-45-44-19-9-11-21-49(44)53-50(45)32-39/h1-33H/i4D,6D,12D,14D,22D,24D,30D. The lowest BCUT2D eigenvalue weighted by Gasteiger charge is -2.34. The fraction of sp³-hybridized carbons (Fsp3) is 0.0196. The maximum Gasteiger partial charge on any atom is 0.0714 e. The van der Waals surface area contributed by atoms with Crippen LogP contribution in [-0.4, -0.2) is 0 Å². The van der Waals surface area contributed by atoms with Gasteiger partial charge in [0.25, 0.3) is 0 Å². The van der Waals surface area contributed by atoms with Gasteiger partial charge >= 0.3 is 0 Å². The van der Waals surface area contributed by atoms with Gasteiger partial charge in [-0.15, -0.1) is 11.3 Å². The highest BCUT2D eigenvalue weighted by Gasteiger charge is 2.46. The zero-order valence-electron chi connectivity index (χ0n) is 35.4. The van der Waals surface area contributed by atoms with E-state index in [2.05, 4.69) is 102 Å². The molecule has 1 aliphatic carbocycles. The van der Waals surface area contributed by atoms with E-state index in [1.165, 1.54) is 0 Å². The van der Waals surface area contributed by atoms with Crippen LogP contribution in [0.3, 0.4) is 0 Å². The maximum atomic E-state index is 10.00. The topological polar surface area (TPSA) is 3.24 Å². The highest BCUT2D eigenvalue weighted by Crippen LogP contribution is 2.58. The molecular formula is C51H33NS. The van der Waals surface area contributed by atoms with Crippen molar-refractivity contribution in [3.8, 4) is 11.1 Å². The lowest BCUT2D eigenvalue weighted by Crippen LogP contribution is -2.28. The van der Waals surface area contributed by atoms with Gasteiger partial charge in [-0.2, -0.15) is 0 Å². The molecule has 0 fully saturated rings. The molecule has 0 saturated heterocycles. The lowest BCUT2D eigenvalue weighted by atomic mass is 9.67. The summed E-state index contributed by atoms with van der Waals surface area (Å²) in [6, 6.07) is 51.5. The molecule has 1 heterocycles. The third-order valence-electron chi connectivity index (χ3n) is 10.7. The predicted molar refractivity (Wildman–Crippen MR) is 226 cm³/mol. The third-order valence-corrected chi connectivity index (χ3v) is 11.9. The number of hydrogen-bond acceptors (Lipinski definition) is 2. The Bertz CT molecular complexity index is 3430. The Labute approximate surface area is 322 Å². The molecule has 0 amide bonds. The van der Waals surface area contributed by atoms with Crippen molar-refractivity contribution in [3.05, 3.63) is 222 Å². The van der Waals surface area contributed by atoms with Crippen molar-refractivity contribution < 1.29 is 9.60 Å². The van der Waals surface area contributed by atoms with E-state index in [1.54, 1.807) is 11.3 Å². The minimum Gasteiger partial charge on any atom is -0.310 e. The molecule has 1 atom stereocenters. The van der Waals surface area contributed by atoms with Gasteiger partial charge in [-0.05, 0) is 109 Å². The summed E-state index contributed by atoms with van der Waals surface area (Å²) >= 11 is 1.68. The van der Waals surface area contributed by atoms with Crippen LogP contribution in [0.2, 0.25) is 0 Å². The van der Waals surface area contributed by atoms with Gasteiger partial charge in [-0.1, -0.05) is 145 Å². The molecule has 1 aromatic heterocycles. The molecule has 9 aromatic carbocycles. The van der Waals surface area contributed by atoms with Gasteiger partial charge in [0, 0.05) is 37.2 Å². The van der Waals surface area contributed by atoms with Crippen molar-refractivity contribution in [2.75, 3.05) is 4.90 Å². The van der Waals surface area contributed by atoms with E-state index < -0.39 is 29.6 Å². The quantitative estimate of drug-likeness (QED) is 0.173. The zero-order valence-corrected chi connectivity index (χ0v) is 29.2. The second-order valence-electron chi connectivity index (χ2n) is 13.5. The fourth-order valence-corrected chi connectivity index (χ4v) is 9.55. The van der Waals surface area contributed by atoms with Crippen LogP contribution in [0.1, 0.15) is 31.8 Å². The van der Waals surface area contributed by atoms with Crippen LogP contribution >= 0.6 is 11.3 Å². The molecule has 10 aromatic rings. The molecule has 0 radical (unpaired) electrons. The minimum absolute atomic E-state index is 0.0616. The largest absolute Gasteiger partial charge is 0.310 e. The van der Waals surface area contributed by atoms with Crippen LogP contribution in [0.5, 0.6) is 0 Å². The van der Waals surface area contributed by atoms with E-state index in [-0.39, 0.29) is 34.5 Å². The number of thiophene rings is 1. The first-order valence-electron chi connectivity index (χ1n) is 21.2. The molecule has 248 valence electrons. The first kappa shape index (κ1) is 23.9. The SMILES string of the molecule is [2H]c1c([2H])c([2H])c2c([2H])c(C3(c4ccc5c(c4)sc4ccccc45)c4ccccc4-c4cc(N(c5ccccc5)c5ccc6ccccc6c5)ccc43)c([2H])c([2H])c2c1[2H]. The molecule has 0 N–H and O–H groups in total. The van der Waals surface area contributed by atoms with Gasteiger partial charge in [0.2, 0.25) is 0 Å². The highest BCUT2D eigenvalue weighted by molar-refractivity contribution is 7.25. The summed E-state index contributed by atoms with van der Waals surface area (Å²) in [5, 5.41) is 4.31. The molecule has 11 rings (SSSR count). The Hall–Kier alpha value is -6.48. The number of hydrogen-bond donors (Lipinski definition) is 0. The molecule has 53 heavy (non-hydrogen) atoms. The van der Waals surface area contributed by atoms with Crippen molar-refractivity contribution in [2.24, 2.45) is 0 Å². The van der Waals surface area contributed by atoms with Crippen molar-refractivity contribution in [3.63, 3.8) is 0 Å². The molecule has 0 spiro atoms. The summed E-state index contributed by atoms with van der Waals surface area (Å²) in [7, 11) is 0. The second-order valence-corrected chi connectivity index (χ2v) is 14.6. The molecule has 2 heteroatoms. The minimum atomic E-state index is -1.32. The first-order chi connectivity index (χ1) is 29.2. The summed E-state index contributed by atoms with van der Waals surface area (Å²) in [6.07, 6.45) is 0. The van der Waals surface area contributed by atoms with Gasteiger partial charge in [0.1, 0.15) is 0 Å². The van der Waals surface area contributed by atoms with Crippen molar-refractivity contribution in [1.29, 1.82) is 0 Å². The molecule has 0 aliphatic heterocycles. The van der Waals surface area contributed by atoms with Crippen molar-refractivity contribution in [1.82, 2.24) is 0 Å². The van der Waals surface area contributed by atoms with Gasteiger partial charge in [0.05, 0.1) is 15.0 Å². The van der Waals surface area contributed by atoms with E-state index in [9.17, 15) is 4.11 Å². The lowest BCUT2D eigenvalue weighted by molar-refractivity contribution is 0.771. The maximum absolute atomic E-state index is 10.00. The summed E-state index contributed by atoms with van der Waals surface area (Å²) in [5.74, 6) is 0. The third kappa shape index (κ3) is 4.56. The number of fused-ring (bicyclic) bond motifs is 8. The van der Waals surface area contributed by atoms with Crippen molar-refractivity contribution >= 4 is 70.1 Å². The molecule has 0 bridgehead atoms. The Morgan fingerprint density at radius 2 is 1.15 bits per heavy atom. The zero-order chi connectivity index (χ0) is 41.0. The van der Waals surface area contributed by atoms with Crippen LogP contribution in [-0.2, 0) is 5.41 Å². The van der Waals surface area contributed by atoms with Crippen LogP contribution in [0.4, 0.5) is 17.1 Å². The number of rotatable bonds is 5. The number of nitrogens with zero attached hydrogens (tertiary/aromatic N) is 1. The number of anilines is 3. The van der Waals surface area contributed by atoms with Gasteiger partial charge in [-0.25, -0.2) is 0 Å². The summed E-state index contributed by atoms with van der Waals surface area (Å²) in [4.78, 5) is 2.23. The average Bonchev–Trinajstić information content (AvgIpc) is 3.80. The Balaban J connectivity index is 1.26. The Kier molecular flexibility index (Phi) is 5.31. The molecule has 1 nitrogen and oxygen atoms in total. The van der Waals surface area contributed by atoms with E-state index in [1.807, 2.05) is 60.7 Å². The number of benzene rings is 9. The summed E-state index contributed by atoms with van der Waals surface area (Å²) in [5.41, 5.74) is 6.03. The Morgan fingerprint density at radius 3 is 2.08 bits per heavy atom. The monoisotopic (exact) mass is 698 g/mol.